The van der Waals surface area contributed by atoms with Crippen LogP contribution in [0.1, 0.15) is 23.6 Å². The highest BCUT2D eigenvalue weighted by atomic mass is 35.5. The maximum atomic E-state index is 13.8. The van der Waals surface area contributed by atoms with Gasteiger partial charge in [0.15, 0.2) is 23.3 Å². The maximum absolute atomic E-state index is 13.8. The number of rotatable bonds is 9. The summed E-state index contributed by atoms with van der Waals surface area (Å²) in [6.45, 7) is 5.95. The number of para-hydroxylation sites is 1. The Kier molecular flexibility index (Phi) is 9.49. The number of halogens is 1. The molecule has 1 saturated heterocycles. The number of aryl methyl sites for hydroxylation is 2. The van der Waals surface area contributed by atoms with Crippen molar-refractivity contribution in [2.45, 2.75) is 20.8 Å². The fourth-order valence-electron chi connectivity index (χ4n) is 4.28. The highest BCUT2D eigenvalue weighted by molar-refractivity contribution is 8.19. The van der Waals surface area contributed by atoms with E-state index >= 15 is 0 Å². The summed E-state index contributed by atoms with van der Waals surface area (Å²) in [4.78, 5) is 33.1. The van der Waals surface area contributed by atoms with Crippen LogP contribution in [0.3, 0.4) is 0 Å². The van der Waals surface area contributed by atoms with Crippen LogP contribution in [0, 0.1) is 13.8 Å². The second-order valence-corrected chi connectivity index (χ2v) is 11.2. The van der Waals surface area contributed by atoms with Crippen molar-refractivity contribution >= 4 is 63.5 Å². The summed E-state index contributed by atoms with van der Waals surface area (Å²) in [5.74, 6) is 0.0862. The van der Waals surface area contributed by atoms with Gasteiger partial charge < -0.3 is 14.8 Å². The van der Waals surface area contributed by atoms with Crippen molar-refractivity contribution < 1.29 is 19.1 Å². The third-order valence-corrected chi connectivity index (χ3v) is 7.64. The number of hydrogen-bond acceptors (Lipinski definition) is 6. The molecule has 1 aliphatic heterocycles. The molecule has 0 unspecified atom stereocenters. The smallest absolute Gasteiger partial charge is 0.271 e. The van der Waals surface area contributed by atoms with Gasteiger partial charge in [0, 0.05) is 5.69 Å². The number of hydrogen-bond donors (Lipinski definition) is 1. The van der Waals surface area contributed by atoms with Crippen molar-refractivity contribution in [1.29, 1.82) is 0 Å². The van der Waals surface area contributed by atoms with Gasteiger partial charge in [-0.25, -0.2) is 4.99 Å². The van der Waals surface area contributed by atoms with Crippen molar-refractivity contribution in [2.24, 2.45) is 4.99 Å². The van der Waals surface area contributed by atoms with Crippen LogP contribution in [-0.2, 0) is 9.59 Å². The summed E-state index contributed by atoms with van der Waals surface area (Å²) in [6, 6.07) is 28.1. The summed E-state index contributed by atoms with van der Waals surface area (Å²) < 4.78 is 11.6. The predicted molar refractivity (Wildman–Crippen MR) is 176 cm³/mol. The van der Waals surface area contributed by atoms with Gasteiger partial charge in [0.05, 0.1) is 27.9 Å². The normalized spacial score (nSPS) is 14.8. The van der Waals surface area contributed by atoms with Crippen molar-refractivity contribution in [3.8, 4) is 11.5 Å². The Morgan fingerprint density at radius 2 is 1.63 bits per heavy atom. The average molecular weight is 612 g/mol. The molecule has 0 radical (unpaired) electrons. The molecule has 7 nitrogen and oxygen atoms in total. The number of amides is 2. The lowest BCUT2D eigenvalue weighted by Crippen LogP contribution is -2.28. The van der Waals surface area contributed by atoms with Crippen LogP contribution >= 0.6 is 23.4 Å². The molecule has 0 bridgehead atoms. The van der Waals surface area contributed by atoms with Crippen molar-refractivity contribution in [3.63, 3.8) is 0 Å². The standard InChI is InChI=1S/C34H30ClN3O4S/c1-4-41-29-19-24(18-28(35)32(29)42-21-31(39)36-25-8-6-5-7-9-25)20-30-33(40)38(27-16-12-23(3)13-17-27)34(43-30)37-26-14-10-22(2)11-15-26/h5-20H,4,21H2,1-3H3,(H,36,39)/b30-20-,37-34?. The van der Waals surface area contributed by atoms with E-state index in [2.05, 4.69) is 5.32 Å². The molecule has 0 aliphatic carbocycles. The Bertz CT molecular complexity index is 1690. The van der Waals surface area contributed by atoms with E-state index in [1.165, 1.54) is 11.8 Å². The van der Waals surface area contributed by atoms with Gasteiger partial charge >= 0.3 is 0 Å². The van der Waals surface area contributed by atoms with Gasteiger partial charge in [-0.15, -0.1) is 0 Å². The predicted octanol–water partition coefficient (Wildman–Crippen LogP) is 8.18. The number of carbonyl (C=O) groups is 2. The number of nitrogens with zero attached hydrogens (tertiary/aromatic N) is 2. The van der Waals surface area contributed by atoms with Crippen molar-refractivity contribution in [3.05, 3.63) is 118 Å². The number of aliphatic imine (C=N–C) groups is 1. The van der Waals surface area contributed by atoms with Crippen molar-refractivity contribution in [1.82, 2.24) is 0 Å². The number of carbonyl (C=O) groups excluding carboxylic acids is 2. The van der Waals surface area contributed by atoms with Crippen LogP contribution in [0.4, 0.5) is 17.1 Å². The third-order valence-electron chi connectivity index (χ3n) is 6.39. The van der Waals surface area contributed by atoms with Crippen LogP contribution < -0.4 is 19.7 Å². The minimum atomic E-state index is -0.333. The molecular formula is C34H30ClN3O4S. The van der Waals surface area contributed by atoms with Crippen molar-refractivity contribution in [2.75, 3.05) is 23.4 Å². The first-order valence-electron chi connectivity index (χ1n) is 13.7. The van der Waals surface area contributed by atoms with E-state index < -0.39 is 0 Å². The van der Waals surface area contributed by atoms with Gasteiger partial charge in [-0.3, -0.25) is 14.5 Å². The van der Waals surface area contributed by atoms with Gasteiger partial charge in [0.1, 0.15) is 0 Å². The van der Waals surface area contributed by atoms with E-state index in [4.69, 9.17) is 26.1 Å². The molecular weight excluding hydrogens is 582 g/mol. The zero-order chi connectivity index (χ0) is 30.3. The lowest BCUT2D eigenvalue weighted by Gasteiger charge is -2.16. The lowest BCUT2D eigenvalue weighted by atomic mass is 10.1. The molecule has 1 aliphatic rings. The molecule has 1 N–H and O–H groups in total. The number of anilines is 2. The molecule has 0 saturated carbocycles. The first kappa shape index (κ1) is 29.9. The molecule has 1 fully saturated rings. The first-order valence-corrected chi connectivity index (χ1v) is 14.9. The van der Waals surface area contributed by atoms with Crippen LogP contribution in [0.2, 0.25) is 5.02 Å². The van der Waals surface area contributed by atoms with Gasteiger partial charge in [-0.1, -0.05) is 65.2 Å². The molecule has 4 aromatic rings. The highest BCUT2D eigenvalue weighted by Crippen LogP contribution is 2.41. The Morgan fingerprint density at radius 1 is 0.953 bits per heavy atom. The van der Waals surface area contributed by atoms with E-state index in [0.29, 0.717) is 33.7 Å². The topological polar surface area (TPSA) is 80.2 Å². The van der Waals surface area contributed by atoms with E-state index in [1.807, 2.05) is 87.5 Å². The molecule has 218 valence electrons. The van der Waals surface area contributed by atoms with Gasteiger partial charge in [-0.05, 0) is 92.7 Å². The summed E-state index contributed by atoms with van der Waals surface area (Å²) in [5.41, 5.74) is 5.00. The quantitative estimate of drug-likeness (QED) is 0.193. The molecule has 43 heavy (non-hydrogen) atoms. The fourth-order valence-corrected chi connectivity index (χ4v) is 5.56. The molecule has 1 heterocycles. The summed E-state index contributed by atoms with van der Waals surface area (Å²) >= 11 is 7.92. The van der Waals surface area contributed by atoms with E-state index in [-0.39, 0.29) is 29.2 Å². The Hall–Kier alpha value is -4.53. The third kappa shape index (κ3) is 7.46. The Morgan fingerprint density at radius 3 is 2.30 bits per heavy atom. The average Bonchev–Trinajstić information content (AvgIpc) is 3.28. The lowest BCUT2D eigenvalue weighted by molar-refractivity contribution is -0.118. The van der Waals surface area contributed by atoms with Gasteiger partial charge in [0.2, 0.25) is 0 Å². The molecule has 2 amide bonds. The van der Waals surface area contributed by atoms with E-state index in [1.54, 1.807) is 35.2 Å². The maximum Gasteiger partial charge on any atom is 0.271 e. The fraction of sp³-hybridized carbons (Fsp3) is 0.147. The van der Waals surface area contributed by atoms with Gasteiger partial charge in [0.25, 0.3) is 11.8 Å². The summed E-state index contributed by atoms with van der Waals surface area (Å²) in [6.07, 6.45) is 1.76. The molecule has 0 atom stereocenters. The zero-order valence-corrected chi connectivity index (χ0v) is 25.5. The second-order valence-electron chi connectivity index (χ2n) is 9.78. The molecule has 9 heteroatoms. The second kappa shape index (κ2) is 13.6. The minimum absolute atomic E-state index is 0.202. The summed E-state index contributed by atoms with van der Waals surface area (Å²) in [7, 11) is 0. The van der Waals surface area contributed by atoms with E-state index in [9.17, 15) is 9.59 Å². The molecule has 5 rings (SSSR count). The first-order chi connectivity index (χ1) is 20.8. The Labute approximate surface area is 260 Å². The van der Waals surface area contributed by atoms with Crippen LogP contribution in [0.5, 0.6) is 11.5 Å². The van der Waals surface area contributed by atoms with E-state index in [0.717, 1.165) is 22.5 Å². The molecule has 0 aromatic heterocycles. The summed E-state index contributed by atoms with van der Waals surface area (Å²) in [5, 5.41) is 3.58. The van der Waals surface area contributed by atoms with Crippen LogP contribution in [-0.4, -0.2) is 30.2 Å². The molecule has 4 aromatic carbocycles. The monoisotopic (exact) mass is 611 g/mol. The minimum Gasteiger partial charge on any atom is -0.490 e. The van der Waals surface area contributed by atoms with Crippen LogP contribution in [0.15, 0.2) is 101 Å². The number of amidine groups is 1. The Balaban J connectivity index is 1.43. The highest BCUT2D eigenvalue weighted by Gasteiger charge is 2.35. The number of nitrogens with one attached hydrogen (secondary N) is 1. The number of thioether (sulfide) groups is 1. The molecule has 0 spiro atoms. The number of ether oxygens (including phenoxy) is 2. The van der Waals surface area contributed by atoms with Crippen LogP contribution in [0.25, 0.3) is 6.08 Å². The SMILES string of the molecule is CCOc1cc(/C=C2\SC(=Nc3ccc(C)cc3)N(c3ccc(C)cc3)C2=O)cc(Cl)c1OCC(=O)Nc1ccccc1. The largest absolute Gasteiger partial charge is 0.490 e. The van der Waals surface area contributed by atoms with Gasteiger partial charge in [-0.2, -0.15) is 0 Å². The number of benzene rings is 4. The zero-order valence-electron chi connectivity index (χ0n) is 24.0.